The SMILES string of the molecule is CCS(=O)(=O)c1cccc(F)c1CO. The Morgan fingerprint density at radius 2 is 2.07 bits per heavy atom. The Bertz CT molecular complexity index is 426. The van der Waals surface area contributed by atoms with E-state index < -0.39 is 22.3 Å². The molecule has 0 heterocycles. The Labute approximate surface area is 82.1 Å². The first-order valence-corrected chi connectivity index (χ1v) is 5.79. The van der Waals surface area contributed by atoms with Crippen molar-refractivity contribution >= 4 is 9.84 Å². The number of aliphatic hydroxyl groups excluding tert-OH is 1. The molecule has 0 unspecified atom stereocenters. The van der Waals surface area contributed by atoms with Crippen molar-refractivity contribution in [2.45, 2.75) is 18.4 Å². The lowest BCUT2D eigenvalue weighted by atomic mass is 10.2. The van der Waals surface area contributed by atoms with Gasteiger partial charge in [-0.15, -0.1) is 0 Å². The van der Waals surface area contributed by atoms with Crippen molar-refractivity contribution in [1.82, 2.24) is 0 Å². The second kappa shape index (κ2) is 4.06. The summed E-state index contributed by atoms with van der Waals surface area (Å²) >= 11 is 0. The molecule has 0 aliphatic rings. The Kier molecular flexibility index (Phi) is 3.23. The van der Waals surface area contributed by atoms with Crippen molar-refractivity contribution in [3.05, 3.63) is 29.6 Å². The van der Waals surface area contributed by atoms with Crippen LogP contribution in [0.4, 0.5) is 4.39 Å². The predicted octanol–water partition coefficient (Wildman–Crippen LogP) is 1.11. The minimum absolute atomic E-state index is 0.108. The summed E-state index contributed by atoms with van der Waals surface area (Å²) in [7, 11) is -3.46. The normalized spacial score (nSPS) is 11.6. The predicted molar refractivity (Wildman–Crippen MR) is 50.0 cm³/mol. The molecule has 0 fully saturated rings. The molecule has 0 spiro atoms. The van der Waals surface area contributed by atoms with E-state index in [1.807, 2.05) is 0 Å². The van der Waals surface area contributed by atoms with Gasteiger partial charge < -0.3 is 5.11 Å². The third kappa shape index (κ3) is 1.93. The number of sulfone groups is 1. The number of hydrogen-bond donors (Lipinski definition) is 1. The molecule has 14 heavy (non-hydrogen) atoms. The molecular weight excluding hydrogens is 207 g/mol. The van der Waals surface area contributed by atoms with Gasteiger partial charge in [0.05, 0.1) is 17.3 Å². The van der Waals surface area contributed by atoms with Gasteiger partial charge in [-0.1, -0.05) is 13.0 Å². The first-order valence-electron chi connectivity index (χ1n) is 4.14. The molecule has 0 aromatic heterocycles. The molecule has 0 atom stereocenters. The lowest BCUT2D eigenvalue weighted by Crippen LogP contribution is -2.08. The van der Waals surface area contributed by atoms with Gasteiger partial charge in [0, 0.05) is 5.56 Å². The van der Waals surface area contributed by atoms with E-state index in [-0.39, 0.29) is 16.2 Å². The molecule has 0 amide bonds. The highest BCUT2D eigenvalue weighted by Gasteiger charge is 2.18. The van der Waals surface area contributed by atoms with E-state index in [1.165, 1.54) is 19.1 Å². The van der Waals surface area contributed by atoms with Gasteiger partial charge in [-0.3, -0.25) is 0 Å². The molecule has 0 saturated carbocycles. The van der Waals surface area contributed by atoms with Crippen LogP contribution >= 0.6 is 0 Å². The van der Waals surface area contributed by atoms with E-state index in [1.54, 1.807) is 0 Å². The van der Waals surface area contributed by atoms with Crippen LogP contribution in [-0.2, 0) is 16.4 Å². The highest BCUT2D eigenvalue weighted by molar-refractivity contribution is 7.91. The average Bonchev–Trinajstić information content (AvgIpc) is 2.17. The minimum atomic E-state index is -3.46. The van der Waals surface area contributed by atoms with Crippen LogP contribution in [0.25, 0.3) is 0 Å². The summed E-state index contributed by atoms with van der Waals surface area (Å²) in [5.41, 5.74) is -0.158. The van der Waals surface area contributed by atoms with E-state index in [2.05, 4.69) is 0 Å². The second-order valence-electron chi connectivity index (χ2n) is 2.78. The van der Waals surface area contributed by atoms with Crippen LogP contribution in [-0.4, -0.2) is 19.3 Å². The average molecular weight is 218 g/mol. The van der Waals surface area contributed by atoms with Crippen LogP contribution in [0.3, 0.4) is 0 Å². The van der Waals surface area contributed by atoms with Gasteiger partial charge in [0.15, 0.2) is 9.84 Å². The van der Waals surface area contributed by atoms with Crippen LogP contribution in [0.2, 0.25) is 0 Å². The molecule has 0 bridgehead atoms. The first-order chi connectivity index (χ1) is 6.53. The van der Waals surface area contributed by atoms with Crippen molar-refractivity contribution in [2.24, 2.45) is 0 Å². The molecule has 0 saturated heterocycles. The fourth-order valence-corrected chi connectivity index (χ4v) is 2.27. The van der Waals surface area contributed by atoms with Crippen molar-refractivity contribution in [3.63, 3.8) is 0 Å². The van der Waals surface area contributed by atoms with Gasteiger partial charge in [0.2, 0.25) is 0 Å². The van der Waals surface area contributed by atoms with Crippen molar-refractivity contribution in [3.8, 4) is 0 Å². The smallest absolute Gasteiger partial charge is 0.178 e. The molecule has 5 heteroatoms. The van der Waals surface area contributed by atoms with Gasteiger partial charge in [-0.05, 0) is 12.1 Å². The second-order valence-corrected chi connectivity index (χ2v) is 5.02. The summed E-state index contributed by atoms with van der Waals surface area (Å²) in [5.74, 6) is -0.800. The molecule has 1 rings (SSSR count). The number of aliphatic hydroxyl groups is 1. The van der Waals surface area contributed by atoms with Crippen LogP contribution in [0, 0.1) is 5.82 Å². The maximum Gasteiger partial charge on any atom is 0.178 e. The van der Waals surface area contributed by atoms with E-state index in [4.69, 9.17) is 5.11 Å². The molecule has 0 aliphatic heterocycles. The molecule has 78 valence electrons. The summed E-state index contributed by atoms with van der Waals surface area (Å²) in [6.45, 7) is 0.864. The number of rotatable bonds is 3. The number of benzene rings is 1. The minimum Gasteiger partial charge on any atom is -0.392 e. The summed E-state index contributed by atoms with van der Waals surface area (Å²) in [5, 5.41) is 8.85. The highest BCUT2D eigenvalue weighted by Crippen LogP contribution is 2.19. The Morgan fingerprint density at radius 1 is 1.43 bits per heavy atom. The number of halogens is 1. The van der Waals surface area contributed by atoms with Gasteiger partial charge >= 0.3 is 0 Å². The van der Waals surface area contributed by atoms with Crippen LogP contribution in [0.15, 0.2) is 23.1 Å². The Balaban J connectivity index is 3.42. The van der Waals surface area contributed by atoms with E-state index in [9.17, 15) is 12.8 Å². The molecule has 1 N–H and O–H groups in total. The fourth-order valence-electron chi connectivity index (χ4n) is 1.14. The zero-order valence-corrected chi connectivity index (χ0v) is 8.51. The summed E-state index contributed by atoms with van der Waals surface area (Å²) < 4.78 is 36.0. The highest BCUT2D eigenvalue weighted by atomic mass is 32.2. The first kappa shape index (κ1) is 11.1. The zero-order chi connectivity index (χ0) is 10.8. The topological polar surface area (TPSA) is 54.4 Å². The van der Waals surface area contributed by atoms with E-state index in [0.29, 0.717) is 0 Å². The summed E-state index contributed by atoms with van der Waals surface area (Å²) in [6.07, 6.45) is 0. The summed E-state index contributed by atoms with van der Waals surface area (Å²) in [4.78, 5) is -0.123. The third-order valence-electron chi connectivity index (χ3n) is 1.95. The largest absolute Gasteiger partial charge is 0.392 e. The monoisotopic (exact) mass is 218 g/mol. The van der Waals surface area contributed by atoms with Crippen molar-refractivity contribution < 1.29 is 17.9 Å². The lowest BCUT2D eigenvalue weighted by molar-refractivity contribution is 0.272. The molecule has 0 aliphatic carbocycles. The summed E-state index contributed by atoms with van der Waals surface area (Å²) in [6, 6.07) is 3.74. The molecule has 3 nitrogen and oxygen atoms in total. The van der Waals surface area contributed by atoms with Crippen molar-refractivity contribution in [1.29, 1.82) is 0 Å². The Morgan fingerprint density at radius 3 is 2.57 bits per heavy atom. The van der Waals surface area contributed by atoms with Crippen LogP contribution in [0.5, 0.6) is 0 Å². The third-order valence-corrected chi connectivity index (χ3v) is 3.76. The quantitative estimate of drug-likeness (QED) is 0.826. The van der Waals surface area contributed by atoms with Crippen molar-refractivity contribution in [2.75, 3.05) is 5.75 Å². The van der Waals surface area contributed by atoms with E-state index in [0.717, 1.165) is 6.07 Å². The van der Waals surface area contributed by atoms with Gasteiger partial charge in [0.25, 0.3) is 0 Å². The standard InChI is InChI=1S/C9H11FO3S/c1-2-14(12,13)9-5-3-4-8(10)7(9)6-11/h3-5,11H,2,6H2,1H3. The maximum atomic E-state index is 13.1. The molecule has 1 aromatic rings. The molecular formula is C9H11FO3S. The van der Waals surface area contributed by atoms with Crippen LogP contribution in [0.1, 0.15) is 12.5 Å². The van der Waals surface area contributed by atoms with Gasteiger partial charge in [-0.25, -0.2) is 12.8 Å². The maximum absolute atomic E-state index is 13.1. The van der Waals surface area contributed by atoms with Gasteiger partial charge in [-0.2, -0.15) is 0 Å². The van der Waals surface area contributed by atoms with Crippen LogP contribution < -0.4 is 0 Å². The Hall–Kier alpha value is -0.940. The lowest BCUT2D eigenvalue weighted by Gasteiger charge is -2.07. The zero-order valence-electron chi connectivity index (χ0n) is 7.70. The number of hydrogen-bond acceptors (Lipinski definition) is 3. The van der Waals surface area contributed by atoms with E-state index >= 15 is 0 Å². The molecule has 1 aromatic carbocycles. The molecule has 0 radical (unpaired) electrons. The fraction of sp³-hybridized carbons (Fsp3) is 0.333. The van der Waals surface area contributed by atoms with Gasteiger partial charge in [0.1, 0.15) is 5.82 Å².